The molecule has 0 aliphatic carbocycles. The fourth-order valence-corrected chi connectivity index (χ4v) is 3.57. The number of rotatable bonds is 8. The molecule has 1 amide bonds. The Balaban J connectivity index is 0.00000178. The molecule has 2 aromatic heterocycles. The van der Waals surface area contributed by atoms with Gasteiger partial charge in [0.2, 0.25) is 0 Å². The third-order valence-corrected chi connectivity index (χ3v) is 5.45. The van der Waals surface area contributed by atoms with Crippen LogP contribution in [-0.4, -0.2) is 54.5 Å². The van der Waals surface area contributed by atoms with Crippen LogP contribution in [0.2, 0.25) is 0 Å². The van der Waals surface area contributed by atoms with Gasteiger partial charge >= 0.3 is 6.18 Å². The first-order valence-electron chi connectivity index (χ1n) is 12.0. The summed E-state index contributed by atoms with van der Waals surface area (Å²) >= 11 is 0. The summed E-state index contributed by atoms with van der Waals surface area (Å²) in [4.78, 5) is 42.5. The van der Waals surface area contributed by atoms with E-state index in [4.69, 9.17) is 4.79 Å². The first-order chi connectivity index (χ1) is 18.9. The van der Waals surface area contributed by atoms with E-state index < -0.39 is 17.8 Å². The lowest BCUT2D eigenvalue weighted by atomic mass is 9.97. The van der Waals surface area contributed by atoms with Crippen LogP contribution in [0.1, 0.15) is 39.7 Å². The monoisotopic (exact) mass is 553 g/mol. The molecule has 0 saturated heterocycles. The summed E-state index contributed by atoms with van der Waals surface area (Å²) in [5.74, 6) is -0.0404. The van der Waals surface area contributed by atoms with Crippen molar-refractivity contribution in [2.45, 2.75) is 20.0 Å². The minimum atomic E-state index is -4.67. The van der Waals surface area contributed by atoms with Crippen molar-refractivity contribution in [2.75, 3.05) is 31.8 Å². The van der Waals surface area contributed by atoms with Crippen molar-refractivity contribution in [3.05, 3.63) is 95.0 Å². The zero-order valence-corrected chi connectivity index (χ0v) is 22.7. The normalized spacial score (nSPS) is 11.6. The van der Waals surface area contributed by atoms with Gasteiger partial charge in [-0.05, 0) is 79.1 Å². The maximum absolute atomic E-state index is 13.0. The van der Waals surface area contributed by atoms with Crippen molar-refractivity contribution < 1.29 is 27.6 Å². The molecule has 1 aromatic carbocycles. The molecule has 2 heterocycles. The second-order valence-corrected chi connectivity index (χ2v) is 8.51. The molecule has 0 bridgehead atoms. The van der Waals surface area contributed by atoms with Crippen LogP contribution in [0.4, 0.5) is 24.7 Å². The van der Waals surface area contributed by atoms with Gasteiger partial charge in [0.25, 0.3) is 5.91 Å². The third-order valence-electron chi connectivity index (χ3n) is 5.45. The molecule has 0 radical (unpaired) electrons. The number of aldehydes is 2. The first-order valence-corrected chi connectivity index (χ1v) is 12.0. The molecule has 0 aliphatic heterocycles. The predicted molar refractivity (Wildman–Crippen MR) is 150 cm³/mol. The first kappa shape index (κ1) is 31.4. The number of alkyl halides is 3. The SMILES string of the molecule is CC=O.CNc1cc(/C(=C/C(=C\C=O)c2cc(NC(=O)c3ccnc(C(F)(F)F)c3)ccc2C)N(C)C)ccn1. The van der Waals surface area contributed by atoms with Gasteiger partial charge in [-0.1, -0.05) is 6.07 Å². The highest BCUT2D eigenvalue weighted by molar-refractivity contribution is 6.04. The Kier molecular flexibility index (Phi) is 11.3. The molecule has 0 spiro atoms. The molecule has 0 unspecified atom stereocenters. The summed E-state index contributed by atoms with van der Waals surface area (Å²) in [6.07, 6.45) is 2.62. The molecular formula is C29H30F3N5O3. The average Bonchev–Trinajstić information content (AvgIpc) is 2.92. The fraction of sp³-hybridized carbons (Fsp3) is 0.207. The number of carbonyl (C=O) groups is 3. The molecule has 2 N–H and O–H groups in total. The number of pyridine rings is 2. The van der Waals surface area contributed by atoms with E-state index in [0.717, 1.165) is 29.3 Å². The lowest BCUT2D eigenvalue weighted by Gasteiger charge is -2.20. The number of aryl methyl sites for hydroxylation is 1. The fourth-order valence-electron chi connectivity index (χ4n) is 3.57. The van der Waals surface area contributed by atoms with E-state index >= 15 is 0 Å². The zero-order valence-electron chi connectivity index (χ0n) is 22.7. The van der Waals surface area contributed by atoms with E-state index in [0.29, 0.717) is 35.0 Å². The van der Waals surface area contributed by atoms with E-state index in [1.54, 1.807) is 31.4 Å². The van der Waals surface area contributed by atoms with Crippen LogP contribution < -0.4 is 10.6 Å². The van der Waals surface area contributed by atoms with Gasteiger partial charge in [-0.3, -0.25) is 14.6 Å². The topological polar surface area (TPSA) is 104 Å². The van der Waals surface area contributed by atoms with Crippen molar-refractivity contribution in [1.82, 2.24) is 14.9 Å². The maximum atomic E-state index is 13.0. The van der Waals surface area contributed by atoms with E-state index in [-0.39, 0.29) is 5.56 Å². The van der Waals surface area contributed by atoms with E-state index in [1.165, 1.54) is 19.1 Å². The van der Waals surface area contributed by atoms with E-state index in [9.17, 15) is 22.8 Å². The Bertz CT molecular complexity index is 1420. The summed E-state index contributed by atoms with van der Waals surface area (Å²) in [6, 6.07) is 10.7. The molecule has 0 fully saturated rings. The third kappa shape index (κ3) is 8.62. The molecule has 210 valence electrons. The molecular weight excluding hydrogens is 523 g/mol. The number of carbonyl (C=O) groups excluding carboxylic acids is 3. The van der Waals surface area contributed by atoms with Crippen molar-refractivity contribution in [2.24, 2.45) is 0 Å². The molecule has 3 aromatic rings. The van der Waals surface area contributed by atoms with Crippen molar-refractivity contribution in [1.29, 1.82) is 0 Å². The van der Waals surface area contributed by atoms with Gasteiger partial charge in [0.1, 0.15) is 24.1 Å². The summed E-state index contributed by atoms with van der Waals surface area (Å²) < 4.78 is 39.0. The highest BCUT2D eigenvalue weighted by Crippen LogP contribution is 2.30. The number of benzene rings is 1. The predicted octanol–water partition coefficient (Wildman–Crippen LogP) is 5.49. The van der Waals surface area contributed by atoms with Gasteiger partial charge in [0.15, 0.2) is 0 Å². The molecule has 0 atom stereocenters. The quantitative estimate of drug-likeness (QED) is 0.216. The number of nitrogens with one attached hydrogen (secondary N) is 2. The van der Waals surface area contributed by atoms with Crippen molar-refractivity contribution >= 4 is 41.3 Å². The number of allylic oxidation sites excluding steroid dienone is 3. The molecule has 0 aliphatic rings. The van der Waals surface area contributed by atoms with Crippen LogP contribution >= 0.6 is 0 Å². The largest absolute Gasteiger partial charge is 0.433 e. The average molecular weight is 554 g/mol. The molecule has 3 rings (SSSR count). The van der Waals surface area contributed by atoms with Gasteiger partial charge < -0.3 is 20.3 Å². The zero-order chi connectivity index (χ0) is 29.9. The smallest absolute Gasteiger partial charge is 0.377 e. The van der Waals surface area contributed by atoms with Crippen LogP contribution in [0.5, 0.6) is 0 Å². The number of aromatic nitrogens is 2. The van der Waals surface area contributed by atoms with Gasteiger partial charge in [-0.15, -0.1) is 0 Å². The van der Waals surface area contributed by atoms with Crippen LogP contribution in [0.3, 0.4) is 0 Å². The van der Waals surface area contributed by atoms with E-state index in [1.807, 2.05) is 44.1 Å². The highest BCUT2D eigenvalue weighted by atomic mass is 19.4. The van der Waals surface area contributed by atoms with Crippen molar-refractivity contribution in [3.8, 4) is 0 Å². The Morgan fingerprint density at radius 2 is 1.62 bits per heavy atom. The second-order valence-electron chi connectivity index (χ2n) is 8.51. The van der Waals surface area contributed by atoms with Crippen LogP contribution in [0.15, 0.2) is 67.0 Å². The van der Waals surface area contributed by atoms with Gasteiger partial charge in [-0.25, -0.2) is 4.98 Å². The lowest BCUT2D eigenvalue weighted by molar-refractivity contribution is -0.141. The van der Waals surface area contributed by atoms with Crippen LogP contribution in [-0.2, 0) is 15.8 Å². The second kappa shape index (κ2) is 14.4. The number of anilines is 2. The number of amides is 1. The van der Waals surface area contributed by atoms with Crippen LogP contribution in [0.25, 0.3) is 11.3 Å². The van der Waals surface area contributed by atoms with Crippen molar-refractivity contribution in [3.63, 3.8) is 0 Å². The molecule has 11 heteroatoms. The Labute approximate surface area is 230 Å². The van der Waals surface area contributed by atoms with Gasteiger partial charge in [-0.2, -0.15) is 13.2 Å². The Morgan fingerprint density at radius 1 is 0.975 bits per heavy atom. The number of halogens is 3. The summed E-state index contributed by atoms with van der Waals surface area (Å²) in [5.41, 5.74) is 2.76. The maximum Gasteiger partial charge on any atom is 0.433 e. The molecule has 0 saturated carbocycles. The summed E-state index contributed by atoms with van der Waals surface area (Å²) in [5, 5.41) is 5.62. The lowest BCUT2D eigenvalue weighted by Crippen LogP contribution is -2.15. The van der Waals surface area contributed by atoms with E-state index in [2.05, 4.69) is 20.6 Å². The number of hydrogen-bond donors (Lipinski definition) is 2. The summed E-state index contributed by atoms with van der Waals surface area (Å²) in [6.45, 7) is 3.30. The Morgan fingerprint density at radius 3 is 2.23 bits per heavy atom. The molecule has 40 heavy (non-hydrogen) atoms. The van der Waals surface area contributed by atoms with Gasteiger partial charge in [0, 0.05) is 56.0 Å². The molecule has 8 nitrogen and oxygen atoms in total. The Hall–Kier alpha value is -4.80. The minimum Gasteiger partial charge on any atom is -0.377 e. The van der Waals surface area contributed by atoms with Gasteiger partial charge in [0.05, 0.1) is 0 Å². The van der Waals surface area contributed by atoms with Crippen LogP contribution in [0, 0.1) is 6.92 Å². The number of nitrogens with zero attached hydrogens (tertiary/aromatic N) is 3. The highest BCUT2D eigenvalue weighted by Gasteiger charge is 2.33. The number of hydrogen-bond acceptors (Lipinski definition) is 7. The summed E-state index contributed by atoms with van der Waals surface area (Å²) in [7, 11) is 5.51. The standard InChI is InChI=1S/C27H26F3N5O2.C2H4O/c1-17-5-6-21(34-26(37)20-8-10-32-24(14-20)27(28,29)30)16-22(17)18(9-12-36)13-23(35(3)4)19-7-11-33-25(15-19)31-2;1-2-3/h5-16H,1-4H3,(H,31,33)(H,34,37);2H,1H3/b18-9+,23-13-;. The minimum absolute atomic E-state index is 0.180.